The minimum atomic E-state index is -0.0453. The number of carbonyl (C=O) groups excluding carboxylic acids is 1. The Hall–Kier alpha value is -2.47. The number of hydrogen-bond donors (Lipinski definition) is 0. The molecule has 1 unspecified atom stereocenters. The van der Waals surface area contributed by atoms with Gasteiger partial charge in [0, 0.05) is 38.2 Å². The molecule has 1 fully saturated rings. The van der Waals surface area contributed by atoms with Gasteiger partial charge in [0.25, 0.3) is 5.91 Å². The van der Waals surface area contributed by atoms with E-state index in [1.54, 1.807) is 25.7 Å². The lowest BCUT2D eigenvalue weighted by atomic mass is 9.82. The van der Waals surface area contributed by atoms with E-state index >= 15 is 0 Å². The second-order valence-corrected chi connectivity index (χ2v) is 6.88. The average molecular weight is 353 g/mol. The van der Waals surface area contributed by atoms with E-state index in [-0.39, 0.29) is 11.9 Å². The molecular formula is C20H23N3O3. The van der Waals surface area contributed by atoms with Crippen LogP contribution in [0.1, 0.15) is 34.5 Å². The van der Waals surface area contributed by atoms with Crippen molar-refractivity contribution >= 4 is 5.91 Å². The van der Waals surface area contributed by atoms with E-state index in [2.05, 4.69) is 22.1 Å². The minimum Gasteiger partial charge on any atom is -0.497 e. The van der Waals surface area contributed by atoms with Crippen LogP contribution in [0.2, 0.25) is 0 Å². The first-order valence-corrected chi connectivity index (χ1v) is 9.07. The standard InChI is InChI=1S/C20H23N3O3/c1-25-17-3-2-15-13-23(20(24)18-12-21-6-7-22-18)19(11-16(15)10-17)14-4-8-26-9-5-14/h2-3,6-7,10,12,14,19H,4-5,8-9,11,13H2,1H3. The van der Waals surface area contributed by atoms with E-state index in [1.807, 2.05) is 11.0 Å². The fourth-order valence-electron chi connectivity index (χ4n) is 4.01. The Morgan fingerprint density at radius 1 is 1.23 bits per heavy atom. The summed E-state index contributed by atoms with van der Waals surface area (Å²) < 4.78 is 10.9. The third kappa shape index (κ3) is 3.29. The average Bonchev–Trinajstić information content (AvgIpc) is 2.73. The first-order chi connectivity index (χ1) is 12.8. The largest absolute Gasteiger partial charge is 0.497 e. The van der Waals surface area contributed by atoms with Gasteiger partial charge in [-0.15, -0.1) is 0 Å². The van der Waals surface area contributed by atoms with Gasteiger partial charge in [-0.1, -0.05) is 6.07 Å². The highest BCUT2D eigenvalue weighted by molar-refractivity contribution is 5.92. The van der Waals surface area contributed by atoms with Crippen LogP contribution in [0.15, 0.2) is 36.8 Å². The summed E-state index contributed by atoms with van der Waals surface area (Å²) in [7, 11) is 1.68. The van der Waals surface area contributed by atoms with Crippen LogP contribution in [-0.2, 0) is 17.7 Å². The first-order valence-electron chi connectivity index (χ1n) is 9.07. The van der Waals surface area contributed by atoms with Crippen LogP contribution < -0.4 is 4.74 Å². The van der Waals surface area contributed by atoms with Crippen molar-refractivity contribution in [3.63, 3.8) is 0 Å². The van der Waals surface area contributed by atoms with Gasteiger partial charge in [-0.05, 0) is 48.4 Å². The molecule has 136 valence electrons. The minimum absolute atomic E-state index is 0.0453. The first kappa shape index (κ1) is 17.0. The summed E-state index contributed by atoms with van der Waals surface area (Å²) in [6.07, 6.45) is 7.50. The van der Waals surface area contributed by atoms with Crippen molar-refractivity contribution in [2.75, 3.05) is 20.3 Å². The Kier molecular flexibility index (Phi) is 4.84. The molecule has 1 amide bonds. The van der Waals surface area contributed by atoms with Crippen LogP contribution in [0, 0.1) is 5.92 Å². The highest BCUT2D eigenvalue weighted by Crippen LogP contribution is 2.34. The van der Waals surface area contributed by atoms with Crippen molar-refractivity contribution in [3.8, 4) is 5.75 Å². The molecule has 0 saturated carbocycles. The van der Waals surface area contributed by atoms with Gasteiger partial charge < -0.3 is 14.4 Å². The van der Waals surface area contributed by atoms with Crippen molar-refractivity contribution in [1.29, 1.82) is 0 Å². The molecule has 26 heavy (non-hydrogen) atoms. The van der Waals surface area contributed by atoms with E-state index in [0.29, 0.717) is 18.2 Å². The number of hydrogen-bond acceptors (Lipinski definition) is 5. The van der Waals surface area contributed by atoms with E-state index < -0.39 is 0 Å². The van der Waals surface area contributed by atoms with Gasteiger partial charge in [-0.25, -0.2) is 4.98 Å². The number of fused-ring (bicyclic) bond motifs is 1. The van der Waals surface area contributed by atoms with Crippen molar-refractivity contribution in [2.24, 2.45) is 5.92 Å². The van der Waals surface area contributed by atoms with Crippen LogP contribution >= 0.6 is 0 Å². The molecule has 4 rings (SSSR count). The highest BCUT2D eigenvalue weighted by Gasteiger charge is 2.36. The lowest BCUT2D eigenvalue weighted by molar-refractivity contribution is 0.0177. The van der Waals surface area contributed by atoms with Crippen LogP contribution in [0.4, 0.5) is 0 Å². The van der Waals surface area contributed by atoms with Gasteiger partial charge in [0.2, 0.25) is 0 Å². The summed E-state index contributed by atoms with van der Waals surface area (Å²) in [5.74, 6) is 1.25. The molecule has 1 aromatic carbocycles. The third-order valence-electron chi connectivity index (χ3n) is 5.44. The maximum absolute atomic E-state index is 13.2. The molecule has 0 bridgehead atoms. The van der Waals surface area contributed by atoms with Gasteiger partial charge in [-0.2, -0.15) is 0 Å². The Balaban J connectivity index is 1.67. The Morgan fingerprint density at radius 2 is 2.08 bits per heavy atom. The number of amides is 1. The molecule has 1 atom stereocenters. The van der Waals surface area contributed by atoms with Gasteiger partial charge in [0.05, 0.1) is 13.3 Å². The zero-order valence-corrected chi connectivity index (χ0v) is 14.9. The Morgan fingerprint density at radius 3 is 2.81 bits per heavy atom. The molecule has 0 spiro atoms. The number of aromatic nitrogens is 2. The Bertz CT molecular complexity index is 775. The molecule has 1 aromatic heterocycles. The van der Waals surface area contributed by atoms with Gasteiger partial charge in [0.1, 0.15) is 11.4 Å². The van der Waals surface area contributed by atoms with Gasteiger partial charge in [0.15, 0.2) is 0 Å². The number of methoxy groups -OCH3 is 1. The predicted molar refractivity (Wildman–Crippen MR) is 95.9 cm³/mol. The van der Waals surface area contributed by atoms with Crippen LogP contribution in [0.25, 0.3) is 0 Å². The number of benzene rings is 1. The van der Waals surface area contributed by atoms with Crippen molar-refractivity contribution < 1.29 is 14.3 Å². The normalized spacial score (nSPS) is 20.5. The lowest BCUT2D eigenvalue weighted by Gasteiger charge is -2.42. The zero-order chi connectivity index (χ0) is 17.9. The fourth-order valence-corrected chi connectivity index (χ4v) is 4.01. The summed E-state index contributed by atoms with van der Waals surface area (Å²) in [5, 5.41) is 0. The van der Waals surface area contributed by atoms with E-state index in [0.717, 1.165) is 38.2 Å². The van der Waals surface area contributed by atoms with Crippen LogP contribution in [-0.4, -0.2) is 47.1 Å². The molecule has 0 radical (unpaired) electrons. The van der Waals surface area contributed by atoms with Crippen LogP contribution in [0.5, 0.6) is 5.75 Å². The molecular weight excluding hydrogens is 330 g/mol. The summed E-state index contributed by atoms with van der Waals surface area (Å²) >= 11 is 0. The quantitative estimate of drug-likeness (QED) is 0.848. The highest BCUT2D eigenvalue weighted by atomic mass is 16.5. The molecule has 2 aliphatic heterocycles. The summed E-state index contributed by atoms with van der Waals surface area (Å²) in [6.45, 7) is 2.12. The SMILES string of the molecule is COc1ccc2c(c1)CC(C1CCOCC1)N(C(=O)c1cnccn1)C2. The topological polar surface area (TPSA) is 64.6 Å². The Labute approximate surface area is 153 Å². The molecule has 0 aliphatic carbocycles. The third-order valence-corrected chi connectivity index (χ3v) is 5.44. The van der Waals surface area contributed by atoms with Crippen molar-refractivity contribution in [1.82, 2.24) is 14.9 Å². The van der Waals surface area contributed by atoms with Crippen molar-refractivity contribution in [2.45, 2.75) is 31.8 Å². The number of rotatable bonds is 3. The summed E-state index contributed by atoms with van der Waals surface area (Å²) in [5.41, 5.74) is 2.84. The predicted octanol–water partition coefficient (Wildman–Crippen LogP) is 2.48. The summed E-state index contributed by atoms with van der Waals surface area (Å²) in [6, 6.07) is 6.27. The monoisotopic (exact) mass is 353 g/mol. The van der Waals surface area contributed by atoms with E-state index in [4.69, 9.17) is 9.47 Å². The van der Waals surface area contributed by atoms with E-state index in [1.165, 1.54) is 11.1 Å². The van der Waals surface area contributed by atoms with Gasteiger partial charge in [-0.3, -0.25) is 9.78 Å². The summed E-state index contributed by atoms with van der Waals surface area (Å²) in [4.78, 5) is 23.4. The second-order valence-electron chi connectivity index (χ2n) is 6.88. The smallest absolute Gasteiger partial charge is 0.274 e. The molecule has 6 heteroatoms. The molecule has 2 aromatic rings. The second kappa shape index (κ2) is 7.41. The number of carbonyl (C=O) groups is 1. The van der Waals surface area contributed by atoms with Crippen LogP contribution in [0.3, 0.4) is 0 Å². The van der Waals surface area contributed by atoms with E-state index in [9.17, 15) is 4.79 Å². The number of nitrogens with zero attached hydrogens (tertiary/aromatic N) is 3. The van der Waals surface area contributed by atoms with Gasteiger partial charge >= 0.3 is 0 Å². The molecule has 2 aliphatic rings. The number of ether oxygens (including phenoxy) is 2. The fraction of sp³-hybridized carbons (Fsp3) is 0.450. The molecule has 6 nitrogen and oxygen atoms in total. The molecule has 3 heterocycles. The maximum Gasteiger partial charge on any atom is 0.274 e. The lowest BCUT2D eigenvalue weighted by Crippen LogP contribution is -2.49. The maximum atomic E-state index is 13.2. The zero-order valence-electron chi connectivity index (χ0n) is 14.9. The molecule has 1 saturated heterocycles. The molecule has 0 N–H and O–H groups in total. The van der Waals surface area contributed by atoms with Crippen molar-refractivity contribution in [3.05, 3.63) is 53.6 Å².